The summed E-state index contributed by atoms with van der Waals surface area (Å²) < 4.78 is 11.3. The molecule has 0 saturated heterocycles. The highest BCUT2D eigenvalue weighted by atomic mass is 32.2. The van der Waals surface area contributed by atoms with E-state index in [0.717, 1.165) is 18.8 Å². The quantitative estimate of drug-likeness (QED) is 0.739. The molecule has 18 heavy (non-hydrogen) atoms. The minimum absolute atomic E-state index is 0.129. The lowest BCUT2D eigenvalue weighted by Crippen LogP contribution is -2.38. The molecule has 1 aromatic carbocycles. The number of hydrogen-bond acceptors (Lipinski definition) is 4. The summed E-state index contributed by atoms with van der Waals surface area (Å²) in [4.78, 5) is 3.72. The number of thioether (sulfide) groups is 1. The zero-order valence-electron chi connectivity index (χ0n) is 11.1. The van der Waals surface area contributed by atoms with Crippen molar-refractivity contribution in [3.05, 3.63) is 24.3 Å². The van der Waals surface area contributed by atoms with Crippen molar-refractivity contribution in [3.8, 4) is 0 Å². The van der Waals surface area contributed by atoms with E-state index in [-0.39, 0.29) is 6.29 Å². The lowest BCUT2D eigenvalue weighted by Gasteiger charge is -2.33. The van der Waals surface area contributed by atoms with Gasteiger partial charge in [0.1, 0.15) is 0 Å². The molecule has 0 atom stereocenters. The highest BCUT2D eigenvalue weighted by Crippen LogP contribution is 2.34. The van der Waals surface area contributed by atoms with Gasteiger partial charge in [-0.15, -0.1) is 11.8 Å². The van der Waals surface area contributed by atoms with Crippen LogP contribution < -0.4 is 4.90 Å². The van der Waals surface area contributed by atoms with Crippen molar-refractivity contribution in [2.24, 2.45) is 0 Å². The molecule has 0 aromatic heterocycles. The molecule has 100 valence electrons. The molecule has 4 heteroatoms. The minimum atomic E-state index is -0.129. The molecule has 0 spiro atoms. The highest BCUT2D eigenvalue weighted by Gasteiger charge is 2.20. The summed E-state index contributed by atoms with van der Waals surface area (Å²) in [5.41, 5.74) is 1.30. The molecule has 0 fully saturated rings. The van der Waals surface area contributed by atoms with E-state index >= 15 is 0 Å². The first-order valence-electron chi connectivity index (χ1n) is 6.55. The van der Waals surface area contributed by atoms with E-state index in [9.17, 15) is 0 Å². The molecule has 0 saturated carbocycles. The predicted molar refractivity (Wildman–Crippen MR) is 76.4 cm³/mol. The maximum absolute atomic E-state index is 5.63. The molecule has 0 unspecified atom stereocenters. The number of fused-ring (bicyclic) bond motifs is 1. The van der Waals surface area contributed by atoms with Crippen LogP contribution in [0.4, 0.5) is 5.69 Å². The van der Waals surface area contributed by atoms with Crippen molar-refractivity contribution in [3.63, 3.8) is 0 Å². The SMILES string of the molecule is CCOC(CN1CCSc2ccccc21)OCC. The summed E-state index contributed by atoms with van der Waals surface area (Å²) in [6, 6.07) is 8.55. The first-order chi connectivity index (χ1) is 8.85. The first kappa shape index (κ1) is 13.7. The topological polar surface area (TPSA) is 21.7 Å². The van der Waals surface area contributed by atoms with Crippen LogP contribution in [0.1, 0.15) is 13.8 Å². The second-order valence-electron chi connectivity index (χ2n) is 4.10. The zero-order valence-corrected chi connectivity index (χ0v) is 11.9. The summed E-state index contributed by atoms with van der Waals surface area (Å²) in [7, 11) is 0. The predicted octanol–water partition coefficient (Wildman–Crippen LogP) is 3.00. The largest absolute Gasteiger partial charge is 0.365 e. The molecule has 0 radical (unpaired) electrons. The Labute approximate surface area is 113 Å². The van der Waals surface area contributed by atoms with Crippen LogP contribution in [-0.2, 0) is 9.47 Å². The Kier molecular flexibility index (Phi) is 5.35. The van der Waals surface area contributed by atoms with E-state index in [1.54, 1.807) is 0 Å². The Hall–Kier alpha value is -0.710. The van der Waals surface area contributed by atoms with Gasteiger partial charge in [-0.25, -0.2) is 0 Å². The molecular weight excluding hydrogens is 246 g/mol. The standard InChI is InChI=1S/C14H21NO2S/c1-3-16-14(17-4-2)11-15-9-10-18-13-8-6-5-7-12(13)15/h5-8,14H,3-4,9-11H2,1-2H3. The lowest BCUT2D eigenvalue weighted by molar-refractivity contribution is -0.129. The van der Waals surface area contributed by atoms with E-state index in [1.165, 1.54) is 10.6 Å². The third kappa shape index (κ3) is 3.40. The summed E-state index contributed by atoms with van der Waals surface area (Å²) in [5, 5.41) is 0. The molecule has 2 rings (SSSR count). The van der Waals surface area contributed by atoms with E-state index in [4.69, 9.17) is 9.47 Å². The van der Waals surface area contributed by atoms with Crippen molar-refractivity contribution >= 4 is 17.4 Å². The van der Waals surface area contributed by atoms with Crippen molar-refractivity contribution in [2.75, 3.05) is 37.0 Å². The highest BCUT2D eigenvalue weighted by molar-refractivity contribution is 7.99. The molecule has 0 amide bonds. The molecule has 0 aliphatic carbocycles. The van der Waals surface area contributed by atoms with Gasteiger partial charge < -0.3 is 14.4 Å². The molecule has 1 aliphatic heterocycles. The van der Waals surface area contributed by atoms with Gasteiger partial charge in [-0.1, -0.05) is 12.1 Å². The maximum Gasteiger partial charge on any atom is 0.174 e. The Morgan fingerprint density at radius 1 is 1.22 bits per heavy atom. The van der Waals surface area contributed by atoms with Crippen molar-refractivity contribution in [1.82, 2.24) is 0 Å². The van der Waals surface area contributed by atoms with E-state index < -0.39 is 0 Å². The number of hydrogen-bond donors (Lipinski definition) is 0. The summed E-state index contributed by atoms with van der Waals surface area (Å²) in [6.45, 7) is 7.25. The van der Waals surface area contributed by atoms with Gasteiger partial charge >= 0.3 is 0 Å². The van der Waals surface area contributed by atoms with E-state index in [1.807, 2.05) is 25.6 Å². The van der Waals surface area contributed by atoms with Gasteiger partial charge in [0.2, 0.25) is 0 Å². The number of rotatable bonds is 6. The number of ether oxygens (including phenoxy) is 2. The fraction of sp³-hybridized carbons (Fsp3) is 0.571. The monoisotopic (exact) mass is 267 g/mol. The van der Waals surface area contributed by atoms with Crippen LogP contribution in [0.2, 0.25) is 0 Å². The number of benzene rings is 1. The smallest absolute Gasteiger partial charge is 0.174 e. The maximum atomic E-state index is 5.63. The van der Waals surface area contributed by atoms with Crippen LogP contribution >= 0.6 is 11.8 Å². The summed E-state index contributed by atoms with van der Waals surface area (Å²) >= 11 is 1.92. The fourth-order valence-corrected chi connectivity index (χ4v) is 3.17. The number of para-hydroxylation sites is 1. The third-order valence-corrected chi connectivity index (χ3v) is 3.94. The van der Waals surface area contributed by atoms with Gasteiger partial charge in [-0.2, -0.15) is 0 Å². The Balaban J connectivity index is 2.05. The van der Waals surface area contributed by atoms with Crippen molar-refractivity contribution in [2.45, 2.75) is 25.0 Å². The Morgan fingerprint density at radius 2 is 1.94 bits per heavy atom. The molecular formula is C14H21NO2S. The molecule has 1 heterocycles. The van der Waals surface area contributed by atoms with Crippen molar-refractivity contribution in [1.29, 1.82) is 0 Å². The number of nitrogens with zero attached hydrogens (tertiary/aromatic N) is 1. The summed E-state index contributed by atoms with van der Waals surface area (Å²) in [6.07, 6.45) is -0.129. The van der Waals surface area contributed by atoms with Crippen LogP contribution in [-0.4, -0.2) is 38.3 Å². The summed E-state index contributed by atoms with van der Waals surface area (Å²) in [5.74, 6) is 1.13. The minimum Gasteiger partial charge on any atom is -0.365 e. The zero-order chi connectivity index (χ0) is 12.8. The van der Waals surface area contributed by atoms with E-state index in [0.29, 0.717) is 13.2 Å². The Morgan fingerprint density at radius 3 is 2.67 bits per heavy atom. The normalized spacial score (nSPS) is 14.9. The van der Waals surface area contributed by atoms with Crippen LogP contribution in [0, 0.1) is 0 Å². The lowest BCUT2D eigenvalue weighted by atomic mass is 10.2. The molecule has 1 aliphatic rings. The average Bonchev–Trinajstić information content (AvgIpc) is 2.40. The van der Waals surface area contributed by atoms with Gasteiger partial charge in [0.15, 0.2) is 6.29 Å². The average molecular weight is 267 g/mol. The van der Waals surface area contributed by atoms with Crippen LogP contribution in [0.25, 0.3) is 0 Å². The van der Waals surface area contributed by atoms with Crippen LogP contribution in [0.3, 0.4) is 0 Å². The van der Waals surface area contributed by atoms with Gasteiger partial charge in [0.25, 0.3) is 0 Å². The number of anilines is 1. The molecule has 3 nitrogen and oxygen atoms in total. The second kappa shape index (κ2) is 7.02. The van der Waals surface area contributed by atoms with E-state index in [2.05, 4.69) is 29.2 Å². The van der Waals surface area contributed by atoms with Gasteiger partial charge in [-0.3, -0.25) is 0 Å². The van der Waals surface area contributed by atoms with Gasteiger partial charge in [0, 0.05) is 30.4 Å². The van der Waals surface area contributed by atoms with Crippen LogP contribution in [0.15, 0.2) is 29.2 Å². The molecule has 0 bridgehead atoms. The first-order valence-corrected chi connectivity index (χ1v) is 7.53. The van der Waals surface area contributed by atoms with Gasteiger partial charge in [-0.05, 0) is 26.0 Å². The molecule has 1 aromatic rings. The molecule has 0 N–H and O–H groups in total. The fourth-order valence-electron chi connectivity index (χ4n) is 2.12. The van der Waals surface area contributed by atoms with Crippen LogP contribution in [0.5, 0.6) is 0 Å². The Bertz CT molecular complexity index is 367. The van der Waals surface area contributed by atoms with Crippen molar-refractivity contribution < 1.29 is 9.47 Å². The second-order valence-corrected chi connectivity index (χ2v) is 5.24. The third-order valence-electron chi connectivity index (χ3n) is 2.90. The van der Waals surface area contributed by atoms with Gasteiger partial charge in [0.05, 0.1) is 12.2 Å².